The van der Waals surface area contributed by atoms with Crippen LogP contribution in [0.3, 0.4) is 0 Å². The molecule has 20 heavy (non-hydrogen) atoms. The van der Waals surface area contributed by atoms with Crippen molar-refractivity contribution >= 4 is 11.9 Å². The van der Waals surface area contributed by atoms with Crippen molar-refractivity contribution < 1.29 is 19.4 Å². The van der Waals surface area contributed by atoms with Crippen LogP contribution in [0.4, 0.5) is 0 Å². The van der Waals surface area contributed by atoms with Crippen LogP contribution in [0.25, 0.3) is 11.1 Å². The number of benzene rings is 1. The molecule has 0 atom stereocenters. The van der Waals surface area contributed by atoms with Crippen LogP contribution in [0.15, 0.2) is 30.6 Å². The first-order valence-electron chi connectivity index (χ1n) is 5.77. The van der Waals surface area contributed by atoms with Crippen LogP contribution < -0.4 is 0 Å². The molecule has 1 aromatic carbocycles. The standard InChI is InChI=1S/C14H12N2O4/c1-8-3-4-9(5-11(8)14(19)20-2)10-6-15-12(13(17)18)16-7-10/h3-7H,1-2H3,(H,17,18). The van der Waals surface area contributed by atoms with Gasteiger partial charge in [0.25, 0.3) is 0 Å². The number of carbonyl (C=O) groups excluding carboxylic acids is 1. The van der Waals surface area contributed by atoms with E-state index in [0.717, 1.165) is 5.56 Å². The normalized spacial score (nSPS) is 10.1. The lowest BCUT2D eigenvalue weighted by atomic mass is 10.0. The highest BCUT2D eigenvalue weighted by Crippen LogP contribution is 2.21. The predicted octanol–water partition coefficient (Wildman–Crippen LogP) is 1.94. The number of methoxy groups -OCH3 is 1. The summed E-state index contributed by atoms with van der Waals surface area (Å²) in [7, 11) is 1.32. The Labute approximate surface area is 115 Å². The SMILES string of the molecule is COC(=O)c1cc(-c2cnc(C(=O)O)nc2)ccc1C. The maximum absolute atomic E-state index is 11.6. The summed E-state index contributed by atoms with van der Waals surface area (Å²) in [5.74, 6) is -1.88. The Morgan fingerprint density at radius 2 is 1.80 bits per heavy atom. The maximum Gasteiger partial charge on any atom is 0.373 e. The van der Waals surface area contributed by atoms with Crippen molar-refractivity contribution in [2.75, 3.05) is 7.11 Å². The zero-order valence-corrected chi connectivity index (χ0v) is 11.0. The highest BCUT2D eigenvalue weighted by Gasteiger charge is 2.12. The molecular weight excluding hydrogens is 260 g/mol. The molecule has 0 amide bonds. The number of aryl methyl sites for hydroxylation is 1. The third kappa shape index (κ3) is 2.64. The average molecular weight is 272 g/mol. The second-order valence-corrected chi connectivity index (χ2v) is 4.12. The van der Waals surface area contributed by atoms with Gasteiger partial charge in [0.2, 0.25) is 5.82 Å². The lowest BCUT2D eigenvalue weighted by Crippen LogP contribution is -2.05. The van der Waals surface area contributed by atoms with Gasteiger partial charge in [-0.25, -0.2) is 19.6 Å². The Hall–Kier alpha value is -2.76. The van der Waals surface area contributed by atoms with Gasteiger partial charge in [-0.1, -0.05) is 12.1 Å². The van der Waals surface area contributed by atoms with Crippen LogP contribution in [0.2, 0.25) is 0 Å². The molecular formula is C14H12N2O4. The minimum atomic E-state index is -1.18. The molecule has 0 bridgehead atoms. The number of esters is 1. The first-order chi connectivity index (χ1) is 9.52. The molecule has 6 heteroatoms. The van der Waals surface area contributed by atoms with E-state index in [-0.39, 0.29) is 5.82 Å². The fourth-order valence-corrected chi connectivity index (χ4v) is 1.72. The predicted molar refractivity (Wildman–Crippen MR) is 70.5 cm³/mol. The molecule has 6 nitrogen and oxygen atoms in total. The van der Waals surface area contributed by atoms with Gasteiger partial charge in [-0.05, 0) is 24.1 Å². The second kappa shape index (κ2) is 5.48. The third-order valence-electron chi connectivity index (χ3n) is 2.82. The molecule has 0 saturated carbocycles. The van der Waals surface area contributed by atoms with E-state index in [1.54, 1.807) is 25.1 Å². The van der Waals surface area contributed by atoms with Crippen molar-refractivity contribution in [2.45, 2.75) is 6.92 Å². The molecule has 0 aliphatic heterocycles. The van der Waals surface area contributed by atoms with Crippen molar-refractivity contribution in [2.24, 2.45) is 0 Å². The molecule has 0 aliphatic rings. The van der Waals surface area contributed by atoms with Gasteiger partial charge in [-0.3, -0.25) is 0 Å². The number of ether oxygens (including phenoxy) is 1. The number of rotatable bonds is 3. The number of carbonyl (C=O) groups is 2. The van der Waals surface area contributed by atoms with E-state index in [4.69, 9.17) is 9.84 Å². The van der Waals surface area contributed by atoms with Crippen molar-refractivity contribution in [1.82, 2.24) is 9.97 Å². The number of carboxylic acids is 1. The van der Waals surface area contributed by atoms with E-state index in [9.17, 15) is 9.59 Å². The number of nitrogens with zero attached hydrogens (tertiary/aromatic N) is 2. The largest absolute Gasteiger partial charge is 0.475 e. The van der Waals surface area contributed by atoms with E-state index in [1.807, 2.05) is 0 Å². The summed E-state index contributed by atoms with van der Waals surface area (Å²) >= 11 is 0. The summed E-state index contributed by atoms with van der Waals surface area (Å²) in [5.41, 5.74) is 2.59. The molecule has 2 aromatic rings. The molecule has 0 unspecified atom stereocenters. The molecule has 1 heterocycles. The first kappa shape index (κ1) is 13.7. The molecule has 0 radical (unpaired) electrons. The summed E-state index contributed by atoms with van der Waals surface area (Å²) in [4.78, 5) is 29.8. The van der Waals surface area contributed by atoms with Gasteiger partial charge >= 0.3 is 11.9 Å². The van der Waals surface area contributed by atoms with Crippen molar-refractivity contribution in [3.63, 3.8) is 0 Å². The smallest absolute Gasteiger partial charge is 0.373 e. The number of aromatic nitrogens is 2. The van der Waals surface area contributed by atoms with E-state index in [1.165, 1.54) is 19.5 Å². The van der Waals surface area contributed by atoms with Crippen LogP contribution in [-0.2, 0) is 4.74 Å². The van der Waals surface area contributed by atoms with Crippen LogP contribution in [-0.4, -0.2) is 34.1 Å². The summed E-state index contributed by atoms with van der Waals surface area (Å²) < 4.78 is 4.71. The van der Waals surface area contributed by atoms with Gasteiger partial charge < -0.3 is 9.84 Å². The summed E-state index contributed by atoms with van der Waals surface area (Å²) in [6.45, 7) is 1.81. The molecule has 1 aromatic heterocycles. The highest BCUT2D eigenvalue weighted by atomic mass is 16.5. The Morgan fingerprint density at radius 1 is 1.15 bits per heavy atom. The van der Waals surface area contributed by atoms with Crippen molar-refractivity contribution in [3.05, 3.63) is 47.5 Å². The minimum Gasteiger partial charge on any atom is -0.475 e. The molecule has 0 fully saturated rings. The Bertz CT molecular complexity index is 665. The lowest BCUT2D eigenvalue weighted by Gasteiger charge is -2.07. The zero-order chi connectivity index (χ0) is 14.7. The van der Waals surface area contributed by atoms with Crippen molar-refractivity contribution in [1.29, 1.82) is 0 Å². The number of hydrogen-bond acceptors (Lipinski definition) is 5. The van der Waals surface area contributed by atoms with Crippen LogP contribution in [0, 0.1) is 6.92 Å². The maximum atomic E-state index is 11.6. The van der Waals surface area contributed by atoms with Crippen LogP contribution >= 0.6 is 0 Å². The molecule has 0 spiro atoms. The van der Waals surface area contributed by atoms with Crippen LogP contribution in [0.1, 0.15) is 26.5 Å². The van der Waals surface area contributed by atoms with Gasteiger partial charge in [0.05, 0.1) is 12.7 Å². The van der Waals surface area contributed by atoms with Gasteiger partial charge in [0, 0.05) is 18.0 Å². The molecule has 0 saturated heterocycles. The van der Waals surface area contributed by atoms with Crippen molar-refractivity contribution in [3.8, 4) is 11.1 Å². The Morgan fingerprint density at radius 3 is 2.35 bits per heavy atom. The highest BCUT2D eigenvalue weighted by molar-refractivity contribution is 5.92. The molecule has 102 valence electrons. The van der Waals surface area contributed by atoms with Gasteiger partial charge in [-0.2, -0.15) is 0 Å². The number of carboxylic acid groups (broad SMARTS) is 1. The topological polar surface area (TPSA) is 89.4 Å². The number of hydrogen-bond donors (Lipinski definition) is 1. The summed E-state index contributed by atoms with van der Waals surface area (Å²) in [5, 5.41) is 8.75. The van der Waals surface area contributed by atoms with E-state index >= 15 is 0 Å². The van der Waals surface area contributed by atoms with Gasteiger partial charge in [-0.15, -0.1) is 0 Å². The van der Waals surface area contributed by atoms with Crippen LogP contribution in [0.5, 0.6) is 0 Å². The molecule has 0 aliphatic carbocycles. The quantitative estimate of drug-likeness (QED) is 0.859. The first-order valence-corrected chi connectivity index (χ1v) is 5.77. The molecule has 2 rings (SSSR count). The summed E-state index contributed by atoms with van der Waals surface area (Å²) in [6.07, 6.45) is 2.81. The Kier molecular flexibility index (Phi) is 3.74. The van der Waals surface area contributed by atoms with E-state index < -0.39 is 11.9 Å². The van der Waals surface area contributed by atoms with E-state index in [2.05, 4.69) is 9.97 Å². The monoisotopic (exact) mass is 272 g/mol. The number of aromatic carboxylic acids is 1. The fraction of sp³-hybridized carbons (Fsp3) is 0.143. The van der Waals surface area contributed by atoms with Gasteiger partial charge in [0.1, 0.15) is 0 Å². The van der Waals surface area contributed by atoms with E-state index in [0.29, 0.717) is 16.7 Å². The minimum absolute atomic E-state index is 0.269. The Balaban J connectivity index is 2.42. The van der Waals surface area contributed by atoms with Gasteiger partial charge in [0.15, 0.2) is 0 Å². The lowest BCUT2D eigenvalue weighted by molar-refractivity contribution is 0.0599. The summed E-state index contributed by atoms with van der Waals surface area (Å²) in [6, 6.07) is 5.26. The fourth-order valence-electron chi connectivity index (χ4n) is 1.72. The average Bonchev–Trinajstić information content (AvgIpc) is 2.47. The third-order valence-corrected chi connectivity index (χ3v) is 2.82. The zero-order valence-electron chi connectivity index (χ0n) is 11.0. The molecule has 1 N–H and O–H groups in total. The second-order valence-electron chi connectivity index (χ2n) is 4.12.